The summed E-state index contributed by atoms with van der Waals surface area (Å²) < 4.78 is 29.6. The minimum absolute atomic E-state index is 0.0317. The zero-order valence-electron chi connectivity index (χ0n) is 45.7. The van der Waals surface area contributed by atoms with Crippen molar-refractivity contribution in [2.75, 3.05) is 65.7 Å². The van der Waals surface area contributed by atoms with Crippen LogP contribution in [0.15, 0.2) is 85.2 Å². The Hall–Kier alpha value is -6.11. The summed E-state index contributed by atoms with van der Waals surface area (Å²) in [6.07, 6.45) is 6.23. The van der Waals surface area contributed by atoms with Crippen LogP contribution in [0.1, 0.15) is 121 Å². The third-order valence-corrected chi connectivity index (χ3v) is 14.5. The van der Waals surface area contributed by atoms with Crippen molar-refractivity contribution in [2.24, 2.45) is 17.6 Å². The van der Waals surface area contributed by atoms with E-state index in [4.69, 9.17) is 39.4 Å². The van der Waals surface area contributed by atoms with Crippen molar-refractivity contribution in [2.45, 2.75) is 128 Å². The first-order valence-electron chi connectivity index (χ1n) is 26.6. The number of aromatic amines is 2. The Kier molecular flexibility index (Phi) is 19.7. The smallest absolute Gasteiger partial charge is 0.407 e. The number of imidazole rings is 2. The minimum atomic E-state index is -0.675. The average molecular weight is 1030 g/mol. The van der Waals surface area contributed by atoms with Gasteiger partial charge >= 0.3 is 6.09 Å². The number of amides is 3. The Morgan fingerprint density at radius 1 is 0.747 bits per heavy atom. The van der Waals surface area contributed by atoms with Gasteiger partial charge in [-0.05, 0) is 82.9 Å². The highest BCUT2D eigenvalue weighted by molar-refractivity contribution is 5.86. The summed E-state index contributed by atoms with van der Waals surface area (Å²) in [7, 11) is 4.64. The van der Waals surface area contributed by atoms with Gasteiger partial charge in [-0.25, -0.2) is 14.8 Å². The van der Waals surface area contributed by atoms with E-state index < -0.39 is 30.4 Å². The van der Waals surface area contributed by atoms with Crippen molar-refractivity contribution in [1.82, 2.24) is 35.5 Å². The van der Waals surface area contributed by atoms with E-state index >= 15 is 0 Å². The van der Waals surface area contributed by atoms with Crippen molar-refractivity contribution in [1.29, 1.82) is 0 Å². The van der Waals surface area contributed by atoms with E-state index in [-0.39, 0.29) is 47.2 Å². The summed E-state index contributed by atoms with van der Waals surface area (Å²) in [5, 5.41) is 5.56. The number of nitrogens with zero attached hydrogens (tertiary/aromatic N) is 4. The molecule has 7 rings (SSSR count). The molecule has 0 spiro atoms. The molecule has 7 unspecified atom stereocenters. The van der Waals surface area contributed by atoms with Crippen LogP contribution < -0.4 is 21.3 Å². The number of hydrogen-bond donors (Lipinski definition) is 5. The number of carbonyl (C=O) groups is 3. The second-order valence-electron chi connectivity index (χ2n) is 21.5. The second kappa shape index (κ2) is 26.1. The number of nitrogens with one attached hydrogen (secondary N) is 4. The van der Waals surface area contributed by atoms with Gasteiger partial charge in [-0.2, -0.15) is 0 Å². The van der Waals surface area contributed by atoms with E-state index in [0.717, 1.165) is 76.7 Å². The molecule has 5 aromatic rings. The number of H-pyrrole nitrogens is 2. The van der Waals surface area contributed by atoms with Gasteiger partial charge in [0, 0.05) is 39.4 Å². The van der Waals surface area contributed by atoms with Crippen molar-refractivity contribution in [3.8, 4) is 22.5 Å². The Labute approximate surface area is 443 Å². The number of likely N-dealkylation sites (tertiary alicyclic amines) is 1. The lowest BCUT2D eigenvalue weighted by atomic mass is 9.87. The van der Waals surface area contributed by atoms with Gasteiger partial charge in [-0.15, -0.1) is 0 Å². The normalized spacial score (nSPS) is 19.7. The van der Waals surface area contributed by atoms with Crippen LogP contribution in [0.3, 0.4) is 0 Å². The van der Waals surface area contributed by atoms with Gasteiger partial charge in [0.25, 0.3) is 0 Å². The molecule has 75 heavy (non-hydrogen) atoms. The number of methoxy groups -OCH3 is 3. The molecule has 2 fully saturated rings. The molecule has 2 aliphatic heterocycles. The van der Waals surface area contributed by atoms with E-state index in [1.165, 1.54) is 12.7 Å². The van der Waals surface area contributed by atoms with Crippen molar-refractivity contribution < 1.29 is 38.1 Å². The molecule has 2 aliphatic rings. The SMILES string of the molecule is COCCOC1C(OCCOC)C(c2ccc(-c3cnc(C4CCCN4C(=O)C(N)C(C)C)[nH]3)cc2)N(c2ccc(C(C)(C)C)cc2)C1c1ccc(-c2cnc(CCCCNC(=O)C(NC(=O)OC)C(C)C)[nH]2)cc1. The summed E-state index contributed by atoms with van der Waals surface area (Å²) >= 11 is 0. The molecule has 0 bridgehead atoms. The quantitative estimate of drug-likeness (QED) is 0.0368. The van der Waals surface area contributed by atoms with Crippen molar-refractivity contribution in [3.05, 3.63) is 114 Å². The molecule has 4 heterocycles. The predicted molar refractivity (Wildman–Crippen MR) is 291 cm³/mol. The highest BCUT2D eigenvalue weighted by Crippen LogP contribution is 2.50. The van der Waals surface area contributed by atoms with Gasteiger partial charge in [0.15, 0.2) is 0 Å². The number of aryl methyl sites for hydroxylation is 1. The highest BCUT2D eigenvalue weighted by Gasteiger charge is 2.52. The molecule has 3 amide bonds. The van der Waals surface area contributed by atoms with Crippen LogP contribution in [-0.4, -0.2) is 128 Å². The fraction of sp³-hybridized carbons (Fsp3) is 0.534. The van der Waals surface area contributed by atoms with Crippen LogP contribution >= 0.6 is 0 Å². The number of aromatic nitrogens is 4. The molecule has 3 aromatic carbocycles. The molecule has 0 saturated carbocycles. The monoisotopic (exact) mass is 1030 g/mol. The van der Waals surface area contributed by atoms with Crippen LogP contribution in [0.25, 0.3) is 22.5 Å². The predicted octanol–water partition coefficient (Wildman–Crippen LogP) is 8.60. The Morgan fingerprint density at radius 2 is 1.32 bits per heavy atom. The molecule has 2 aromatic heterocycles. The maximum absolute atomic E-state index is 13.4. The third kappa shape index (κ3) is 13.8. The van der Waals surface area contributed by atoms with Crippen LogP contribution in [0.2, 0.25) is 0 Å². The van der Waals surface area contributed by atoms with Gasteiger partial charge in [0.1, 0.15) is 29.9 Å². The largest absolute Gasteiger partial charge is 0.453 e. The van der Waals surface area contributed by atoms with Crippen LogP contribution in [0.5, 0.6) is 0 Å². The van der Waals surface area contributed by atoms with Crippen molar-refractivity contribution >= 4 is 23.6 Å². The number of carbonyl (C=O) groups excluding carboxylic acids is 3. The zero-order chi connectivity index (χ0) is 53.8. The fourth-order valence-electron chi connectivity index (χ4n) is 10.2. The summed E-state index contributed by atoms with van der Waals surface area (Å²) in [4.78, 5) is 58.9. The lowest BCUT2D eigenvalue weighted by Crippen LogP contribution is -2.49. The molecule has 17 heteroatoms. The second-order valence-corrected chi connectivity index (χ2v) is 21.5. The lowest BCUT2D eigenvalue weighted by molar-refractivity contribution is -0.134. The first kappa shape index (κ1) is 56.6. The fourth-order valence-corrected chi connectivity index (χ4v) is 10.2. The topological polar surface area (TPSA) is 211 Å². The zero-order valence-corrected chi connectivity index (χ0v) is 45.7. The standard InChI is InChI=1S/C58H81N9O8/c1-36(2)48(59)56(69)66-29-13-14-46(66)54-62-35-45(64-54)39-18-22-41(23-19-39)51-53(75-33-31-72-9)52(74-32-30-71-8)50(67(51)43-26-24-42(25-27-43)58(5,6)7)40-20-16-38(17-21-40)44-34-61-47(63-44)15-11-12-28-60-55(68)49(37(3)4)65-57(70)73-10/h16-27,34-37,46,48-53H,11-15,28-33,59H2,1-10H3,(H,60,68)(H,61,63)(H,62,64)(H,65,70). The molecular formula is C58H81N9O8. The maximum Gasteiger partial charge on any atom is 0.407 e. The first-order chi connectivity index (χ1) is 36.0. The Morgan fingerprint density at radius 3 is 1.85 bits per heavy atom. The van der Waals surface area contributed by atoms with E-state index in [2.05, 4.69) is 119 Å². The summed E-state index contributed by atoms with van der Waals surface area (Å²) in [5.41, 5.74) is 14.4. The number of unbranched alkanes of at least 4 members (excludes halogenated alkanes) is 1. The molecule has 2 saturated heterocycles. The number of benzene rings is 3. The van der Waals surface area contributed by atoms with Gasteiger partial charge in [0.2, 0.25) is 11.8 Å². The summed E-state index contributed by atoms with van der Waals surface area (Å²) in [6.45, 7) is 17.1. The number of hydrogen-bond acceptors (Lipinski definition) is 12. The third-order valence-electron chi connectivity index (χ3n) is 14.5. The van der Waals surface area contributed by atoms with Gasteiger partial charge in [-0.1, -0.05) is 109 Å². The first-order valence-corrected chi connectivity index (χ1v) is 26.6. The molecule has 0 aliphatic carbocycles. The van der Waals surface area contributed by atoms with Crippen LogP contribution in [0, 0.1) is 11.8 Å². The molecular weight excluding hydrogens is 951 g/mol. The van der Waals surface area contributed by atoms with Gasteiger partial charge in [-0.3, -0.25) is 9.59 Å². The maximum atomic E-state index is 13.4. The average Bonchev–Trinajstić information content (AvgIpc) is 4.26. The van der Waals surface area contributed by atoms with E-state index in [9.17, 15) is 14.4 Å². The van der Waals surface area contributed by atoms with Gasteiger partial charge in [0.05, 0.1) is 81.5 Å². The molecule has 406 valence electrons. The number of rotatable bonds is 24. The van der Waals surface area contributed by atoms with Crippen LogP contribution in [0.4, 0.5) is 10.5 Å². The Bertz CT molecular complexity index is 2590. The van der Waals surface area contributed by atoms with E-state index in [1.807, 2.05) is 45.0 Å². The highest BCUT2D eigenvalue weighted by atomic mass is 16.6. The van der Waals surface area contributed by atoms with E-state index in [1.54, 1.807) is 14.2 Å². The molecule has 6 N–H and O–H groups in total. The summed E-state index contributed by atoms with van der Waals surface area (Å²) in [5.74, 6) is 1.31. The number of anilines is 1. The molecule has 7 atom stereocenters. The number of nitrogens with two attached hydrogens (primary N) is 1. The van der Waals surface area contributed by atoms with Gasteiger partial charge < -0.3 is 59.8 Å². The number of alkyl carbamates (subject to hydrolysis) is 1. The lowest BCUT2D eigenvalue weighted by Gasteiger charge is -2.34. The Balaban J connectivity index is 1.16. The van der Waals surface area contributed by atoms with E-state index in [0.29, 0.717) is 45.9 Å². The van der Waals surface area contributed by atoms with Crippen molar-refractivity contribution in [3.63, 3.8) is 0 Å². The summed E-state index contributed by atoms with van der Waals surface area (Å²) in [6, 6.07) is 24.1. The van der Waals surface area contributed by atoms with Crippen LogP contribution in [-0.2, 0) is 45.1 Å². The minimum Gasteiger partial charge on any atom is -0.453 e. The molecule has 17 nitrogen and oxygen atoms in total. The number of ether oxygens (including phenoxy) is 5. The molecule has 0 radical (unpaired) electrons.